The Bertz CT molecular complexity index is 676. The minimum absolute atomic E-state index is 0.402. The molecule has 0 spiro atoms. The monoisotopic (exact) mass is 393 g/mol. The maximum absolute atomic E-state index is 10.4. The maximum atomic E-state index is 10.4. The highest BCUT2D eigenvalue weighted by molar-refractivity contribution is 9.10. The second kappa shape index (κ2) is 7.80. The fourth-order valence-corrected chi connectivity index (χ4v) is 3.83. The van der Waals surface area contributed by atoms with Crippen LogP contribution in [0.15, 0.2) is 46.9 Å². The van der Waals surface area contributed by atoms with Gasteiger partial charge in [-0.1, -0.05) is 45.7 Å². The third kappa shape index (κ3) is 4.57. The zero-order chi connectivity index (χ0) is 16.2. The van der Waals surface area contributed by atoms with Gasteiger partial charge in [0.15, 0.2) is 0 Å². The fourth-order valence-electron chi connectivity index (χ4n) is 3.22. The summed E-state index contributed by atoms with van der Waals surface area (Å²) in [6.45, 7) is 0.550. The highest BCUT2D eigenvalue weighted by atomic mass is 79.9. The van der Waals surface area contributed by atoms with Crippen LogP contribution in [0.5, 0.6) is 0 Å². The summed E-state index contributed by atoms with van der Waals surface area (Å²) in [5.41, 5.74) is 3.72. The predicted molar refractivity (Wildman–Crippen MR) is 99.0 cm³/mol. The third-order valence-corrected chi connectivity index (χ3v) is 5.19. The van der Waals surface area contributed by atoms with Gasteiger partial charge in [-0.2, -0.15) is 0 Å². The molecule has 0 amide bonds. The molecule has 2 aromatic rings. The molecule has 0 aliphatic heterocycles. The van der Waals surface area contributed by atoms with Crippen molar-refractivity contribution in [3.63, 3.8) is 0 Å². The Balaban J connectivity index is 1.62. The average molecular weight is 395 g/mol. The number of halogens is 2. The van der Waals surface area contributed by atoms with Crippen LogP contribution in [-0.4, -0.2) is 17.7 Å². The molecular weight excluding hydrogens is 374 g/mol. The summed E-state index contributed by atoms with van der Waals surface area (Å²) in [6.07, 6.45) is 3.93. The number of nitrogens with one attached hydrogen (secondary N) is 1. The molecule has 2 N–H and O–H groups in total. The Morgan fingerprint density at radius 3 is 2.91 bits per heavy atom. The summed E-state index contributed by atoms with van der Waals surface area (Å²) in [7, 11) is 0. The minimum Gasteiger partial charge on any atom is -0.387 e. The van der Waals surface area contributed by atoms with Gasteiger partial charge in [-0.15, -0.1) is 0 Å². The molecule has 2 aromatic carbocycles. The Morgan fingerprint density at radius 2 is 2.09 bits per heavy atom. The molecule has 0 heterocycles. The number of benzene rings is 2. The highest BCUT2D eigenvalue weighted by Crippen LogP contribution is 2.25. The van der Waals surface area contributed by atoms with Gasteiger partial charge in [0, 0.05) is 22.1 Å². The van der Waals surface area contributed by atoms with Crippen molar-refractivity contribution in [3.8, 4) is 0 Å². The first-order valence-corrected chi connectivity index (χ1v) is 9.23. The van der Waals surface area contributed by atoms with Crippen molar-refractivity contribution in [2.45, 2.75) is 37.8 Å². The van der Waals surface area contributed by atoms with Crippen LogP contribution in [0, 0.1) is 0 Å². The molecule has 0 unspecified atom stereocenters. The number of aryl methyl sites for hydroxylation is 1. The van der Waals surface area contributed by atoms with E-state index < -0.39 is 6.10 Å². The summed E-state index contributed by atoms with van der Waals surface area (Å²) in [5, 5.41) is 14.5. The molecule has 2 atom stereocenters. The van der Waals surface area contributed by atoms with Gasteiger partial charge in [0.05, 0.1) is 6.10 Å². The lowest BCUT2D eigenvalue weighted by Gasteiger charge is -2.20. The molecule has 122 valence electrons. The lowest BCUT2D eigenvalue weighted by atomic mass is 10.0. The van der Waals surface area contributed by atoms with E-state index in [0.29, 0.717) is 17.6 Å². The second-order valence-corrected chi connectivity index (χ2v) is 7.54. The molecule has 2 nitrogen and oxygen atoms in total. The van der Waals surface area contributed by atoms with Crippen LogP contribution in [0.1, 0.15) is 35.6 Å². The van der Waals surface area contributed by atoms with E-state index >= 15 is 0 Å². The molecule has 1 aliphatic rings. The predicted octanol–water partition coefficient (Wildman–Crippen LogP) is 4.67. The third-order valence-electron chi connectivity index (χ3n) is 4.47. The molecule has 0 saturated carbocycles. The van der Waals surface area contributed by atoms with Crippen LogP contribution in [0.4, 0.5) is 0 Å². The Labute approximate surface area is 151 Å². The first kappa shape index (κ1) is 17.0. The number of fused-ring (bicyclic) bond motifs is 1. The van der Waals surface area contributed by atoms with E-state index in [4.69, 9.17) is 11.6 Å². The van der Waals surface area contributed by atoms with Gasteiger partial charge < -0.3 is 10.4 Å². The lowest BCUT2D eigenvalue weighted by Crippen LogP contribution is -2.34. The highest BCUT2D eigenvalue weighted by Gasteiger charge is 2.18. The molecule has 23 heavy (non-hydrogen) atoms. The van der Waals surface area contributed by atoms with E-state index in [2.05, 4.69) is 39.4 Å². The smallest absolute Gasteiger partial charge is 0.0914 e. The standard InChI is InChI=1S/C19H21BrClNO/c20-16-8-7-13-3-2-6-18(11-15(13)9-16)22-12-19(23)14-4-1-5-17(21)10-14/h1,4-5,7-10,18-19,22-23H,2-3,6,11-12H2/t18-,19-/m0/s1. The topological polar surface area (TPSA) is 32.3 Å². The van der Waals surface area contributed by atoms with Crippen molar-refractivity contribution in [2.75, 3.05) is 6.54 Å². The van der Waals surface area contributed by atoms with Crippen LogP contribution in [-0.2, 0) is 12.8 Å². The number of aliphatic hydroxyl groups is 1. The zero-order valence-corrected chi connectivity index (χ0v) is 15.3. The number of rotatable bonds is 4. The molecule has 0 saturated heterocycles. The van der Waals surface area contributed by atoms with Crippen LogP contribution >= 0.6 is 27.5 Å². The van der Waals surface area contributed by atoms with Crippen LogP contribution in [0.25, 0.3) is 0 Å². The summed E-state index contributed by atoms with van der Waals surface area (Å²) in [4.78, 5) is 0. The lowest BCUT2D eigenvalue weighted by molar-refractivity contribution is 0.169. The van der Waals surface area contributed by atoms with Gasteiger partial charge in [-0.25, -0.2) is 0 Å². The van der Waals surface area contributed by atoms with E-state index in [1.54, 1.807) is 0 Å². The molecule has 0 radical (unpaired) electrons. The molecule has 1 aliphatic carbocycles. The van der Waals surface area contributed by atoms with Crippen molar-refractivity contribution in [1.82, 2.24) is 5.32 Å². The Morgan fingerprint density at radius 1 is 1.22 bits per heavy atom. The molecule has 4 heteroatoms. The number of aliphatic hydroxyl groups excluding tert-OH is 1. The van der Waals surface area contributed by atoms with E-state index in [1.807, 2.05) is 24.3 Å². The first-order chi connectivity index (χ1) is 11.1. The van der Waals surface area contributed by atoms with Gasteiger partial charge in [-0.05, 0) is 66.6 Å². The fraction of sp³-hybridized carbons (Fsp3) is 0.368. The van der Waals surface area contributed by atoms with Gasteiger partial charge in [0.1, 0.15) is 0 Å². The van der Waals surface area contributed by atoms with E-state index in [0.717, 1.165) is 29.3 Å². The van der Waals surface area contributed by atoms with Crippen molar-refractivity contribution in [3.05, 3.63) is 68.7 Å². The van der Waals surface area contributed by atoms with E-state index in [1.165, 1.54) is 17.5 Å². The van der Waals surface area contributed by atoms with E-state index in [-0.39, 0.29) is 0 Å². The number of hydrogen-bond donors (Lipinski definition) is 2. The SMILES string of the molecule is O[C@@H](CN[C@H]1CCCc2ccc(Br)cc2C1)c1cccc(Cl)c1. The van der Waals surface area contributed by atoms with Crippen molar-refractivity contribution in [2.24, 2.45) is 0 Å². The Kier molecular flexibility index (Phi) is 5.76. The summed E-state index contributed by atoms with van der Waals surface area (Å²) < 4.78 is 1.14. The van der Waals surface area contributed by atoms with Crippen LogP contribution in [0.3, 0.4) is 0 Å². The molecular formula is C19H21BrClNO. The van der Waals surface area contributed by atoms with Gasteiger partial charge >= 0.3 is 0 Å². The normalized spacial score (nSPS) is 19.0. The quantitative estimate of drug-likeness (QED) is 0.738. The molecule has 0 bridgehead atoms. The molecule has 0 fully saturated rings. The van der Waals surface area contributed by atoms with Gasteiger partial charge in [0.25, 0.3) is 0 Å². The van der Waals surface area contributed by atoms with Crippen molar-refractivity contribution >= 4 is 27.5 Å². The minimum atomic E-state index is -0.529. The van der Waals surface area contributed by atoms with Gasteiger partial charge in [0.2, 0.25) is 0 Å². The largest absolute Gasteiger partial charge is 0.387 e. The summed E-state index contributed by atoms with van der Waals surface area (Å²) >= 11 is 9.56. The summed E-state index contributed by atoms with van der Waals surface area (Å²) in [6, 6.07) is 14.4. The van der Waals surface area contributed by atoms with Gasteiger partial charge in [-0.3, -0.25) is 0 Å². The first-order valence-electron chi connectivity index (χ1n) is 8.06. The maximum Gasteiger partial charge on any atom is 0.0914 e. The average Bonchev–Trinajstić information content (AvgIpc) is 2.74. The van der Waals surface area contributed by atoms with Crippen molar-refractivity contribution in [1.29, 1.82) is 0 Å². The second-order valence-electron chi connectivity index (χ2n) is 6.19. The molecule has 3 rings (SSSR count). The summed E-state index contributed by atoms with van der Waals surface area (Å²) in [5.74, 6) is 0. The Hall–Kier alpha value is -0.870. The van der Waals surface area contributed by atoms with E-state index in [9.17, 15) is 5.11 Å². The zero-order valence-electron chi connectivity index (χ0n) is 12.9. The van der Waals surface area contributed by atoms with Crippen molar-refractivity contribution < 1.29 is 5.11 Å². The number of hydrogen-bond acceptors (Lipinski definition) is 2. The van der Waals surface area contributed by atoms with Crippen LogP contribution < -0.4 is 5.32 Å². The molecule has 0 aromatic heterocycles. The van der Waals surface area contributed by atoms with Crippen LogP contribution in [0.2, 0.25) is 5.02 Å².